The van der Waals surface area contributed by atoms with E-state index in [1.807, 2.05) is 17.0 Å². The van der Waals surface area contributed by atoms with E-state index in [-0.39, 0.29) is 17.9 Å². The number of aromatic nitrogens is 1. The number of urea groups is 1. The van der Waals surface area contributed by atoms with E-state index in [4.69, 9.17) is 0 Å². The van der Waals surface area contributed by atoms with Crippen molar-refractivity contribution in [2.45, 2.75) is 17.4 Å². The van der Waals surface area contributed by atoms with Crippen LogP contribution in [-0.4, -0.2) is 47.8 Å². The van der Waals surface area contributed by atoms with Crippen LogP contribution >= 0.6 is 11.8 Å². The second kappa shape index (κ2) is 7.53. The zero-order valence-corrected chi connectivity index (χ0v) is 15.2. The van der Waals surface area contributed by atoms with Crippen molar-refractivity contribution in [2.75, 3.05) is 36.8 Å². The van der Waals surface area contributed by atoms with Gasteiger partial charge in [0.15, 0.2) is 0 Å². The number of halogens is 1. The van der Waals surface area contributed by atoms with Gasteiger partial charge in [0, 0.05) is 54.9 Å². The van der Waals surface area contributed by atoms with Crippen molar-refractivity contribution < 1.29 is 9.18 Å². The van der Waals surface area contributed by atoms with Gasteiger partial charge in [-0.2, -0.15) is 0 Å². The van der Waals surface area contributed by atoms with Crippen molar-refractivity contribution in [3.8, 4) is 0 Å². The van der Waals surface area contributed by atoms with E-state index in [2.05, 4.69) is 15.2 Å². The maximum Gasteiger partial charge on any atom is 0.318 e. The lowest BCUT2D eigenvalue weighted by Gasteiger charge is -2.37. The number of piperazine rings is 1. The monoisotopic (exact) mass is 372 g/mol. The molecule has 0 radical (unpaired) electrons. The molecule has 0 saturated carbocycles. The number of hydrogen-bond acceptors (Lipinski definition) is 4. The largest absolute Gasteiger partial charge is 0.368 e. The van der Waals surface area contributed by atoms with Crippen LogP contribution in [0.1, 0.15) is 18.0 Å². The van der Waals surface area contributed by atoms with Crippen molar-refractivity contribution in [2.24, 2.45) is 0 Å². The third-order valence-corrected chi connectivity index (χ3v) is 6.03. The first kappa shape index (κ1) is 17.1. The number of rotatable bonds is 2. The maximum atomic E-state index is 13.6. The van der Waals surface area contributed by atoms with E-state index in [0.717, 1.165) is 41.4 Å². The highest BCUT2D eigenvalue weighted by Crippen LogP contribution is 2.36. The lowest BCUT2D eigenvalue weighted by molar-refractivity contribution is 0.189. The highest BCUT2D eigenvalue weighted by molar-refractivity contribution is 7.99. The molecule has 0 bridgehead atoms. The van der Waals surface area contributed by atoms with Gasteiger partial charge in [-0.1, -0.05) is 0 Å². The van der Waals surface area contributed by atoms with Crippen LogP contribution in [0.15, 0.2) is 47.6 Å². The number of hydrogen-bond donors (Lipinski definition) is 1. The van der Waals surface area contributed by atoms with Crippen LogP contribution in [0.5, 0.6) is 0 Å². The number of anilines is 1. The van der Waals surface area contributed by atoms with Crippen molar-refractivity contribution in [1.82, 2.24) is 15.2 Å². The minimum atomic E-state index is -0.253. The van der Waals surface area contributed by atoms with Gasteiger partial charge in [0.1, 0.15) is 5.82 Å². The van der Waals surface area contributed by atoms with Crippen molar-refractivity contribution >= 4 is 23.5 Å². The van der Waals surface area contributed by atoms with E-state index in [1.54, 1.807) is 36.3 Å². The average Bonchev–Trinajstić information content (AvgIpc) is 2.69. The van der Waals surface area contributed by atoms with Gasteiger partial charge >= 0.3 is 6.03 Å². The molecule has 136 valence electrons. The molecule has 2 aliphatic heterocycles. The minimum Gasteiger partial charge on any atom is -0.368 e. The number of fused-ring (bicyclic) bond motifs is 1. The molecule has 4 rings (SSSR count). The zero-order valence-electron chi connectivity index (χ0n) is 14.4. The molecule has 0 aliphatic carbocycles. The number of carbonyl (C=O) groups excluding carboxylic acids is 1. The Morgan fingerprint density at radius 3 is 2.69 bits per heavy atom. The van der Waals surface area contributed by atoms with Crippen LogP contribution in [-0.2, 0) is 0 Å². The second-order valence-electron chi connectivity index (χ2n) is 6.50. The Hall–Kier alpha value is -2.28. The molecule has 5 nitrogen and oxygen atoms in total. The average molecular weight is 372 g/mol. The molecule has 1 fully saturated rings. The van der Waals surface area contributed by atoms with E-state index < -0.39 is 0 Å². The summed E-state index contributed by atoms with van der Waals surface area (Å²) in [6.45, 7) is 2.93. The zero-order chi connectivity index (χ0) is 17.9. The molecule has 0 spiro atoms. The fourth-order valence-electron chi connectivity index (χ4n) is 3.48. The number of nitrogens with one attached hydrogen (secondary N) is 1. The van der Waals surface area contributed by atoms with Crippen LogP contribution in [0.2, 0.25) is 0 Å². The smallest absolute Gasteiger partial charge is 0.318 e. The standard InChI is InChI=1S/C19H21FN4OS/c20-14-1-2-18-16(13-14)17(5-12-26-18)22-19(25)24-10-8-23(9-11-24)15-3-6-21-7-4-15/h1-4,6-7,13,17H,5,8-12H2,(H,22,25). The van der Waals surface area contributed by atoms with E-state index in [0.29, 0.717) is 13.1 Å². The van der Waals surface area contributed by atoms with Crippen LogP contribution in [0.3, 0.4) is 0 Å². The predicted molar refractivity (Wildman–Crippen MR) is 101 cm³/mol. The molecule has 1 saturated heterocycles. The van der Waals surface area contributed by atoms with Gasteiger partial charge in [-0.05, 0) is 42.3 Å². The fraction of sp³-hybridized carbons (Fsp3) is 0.368. The summed E-state index contributed by atoms with van der Waals surface area (Å²) >= 11 is 1.72. The normalized spacial score (nSPS) is 19.8. The molecule has 3 heterocycles. The molecule has 2 aliphatic rings. The summed E-state index contributed by atoms with van der Waals surface area (Å²) in [6.07, 6.45) is 4.39. The van der Waals surface area contributed by atoms with Crippen LogP contribution in [0.4, 0.5) is 14.9 Å². The Morgan fingerprint density at radius 1 is 1.15 bits per heavy atom. The van der Waals surface area contributed by atoms with Gasteiger partial charge < -0.3 is 15.1 Å². The van der Waals surface area contributed by atoms with Crippen LogP contribution in [0.25, 0.3) is 0 Å². The number of amides is 2. The van der Waals surface area contributed by atoms with Gasteiger partial charge in [-0.3, -0.25) is 4.98 Å². The summed E-state index contributed by atoms with van der Waals surface area (Å²) < 4.78 is 13.6. The maximum absolute atomic E-state index is 13.6. The van der Waals surface area contributed by atoms with Gasteiger partial charge in [-0.25, -0.2) is 9.18 Å². The van der Waals surface area contributed by atoms with Gasteiger partial charge in [0.2, 0.25) is 0 Å². The number of nitrogens with zero attached hydrogens (tertiary/aromatic N) is 3. The van der Waals surface area contributed by atoms with Gasteiger partial charge in [0.05, 0.1) is 6.04 Å². The first-order valence-electron chi connectivity index (χ1n) is 8.83. The van der Waals surface area contributed by atoms with E-state index in [1.165, 1.54) is 6.07 Å². The SMILES string of the molecule is O=C(NC1CCSc2ccc(F)cc21)N1CCN(c2ccncc2)CC1. The Kier molecular flexibility index (Phi) is 4.97. The molecule has 1 unspecified atom stereocenters. The van der Waals surface area contributed by atoms with E-state index >= 15 is 0 Å². The van der Waals surface area contributed by atoms with Gasteiger partial charge in [0.25, 0.3) is 0 Å². The lowest BCUT2D eigenvalue weighted by Crippen LogP contribution is -2.52. The minimum absolute atomic E-state index is 0.0634. The fourth-order valence-corrected chi connectivity index (χ4v) is 4.58. The van der Waals surface area contributed by atoms with Crippen LogP contribution < -0.4 is 10.2 Å². The highest BCUT2D eigenvalue weighted by Gasteiger charge is 2.27. The molecule has 1 aromatic carbocycles. The van der Waals surface area contributed by atoms with Crippen molar-refractivity contribution in [1.29, 1.82) is 0 Å². The summed E-state index contributed by atoms with van der Waals surface area (Å²) in [5, 5.41) is 3.11. The summed E-state index contributed by atoms with van der Waals surface area (Å²) in [4.78, 5) is 21.9. The van der Waals surface area contributed by atoms with Crippen molar-refractivity contribution in [3.05, 3.63) is 54.1 Å². The number of thioether (sulfide) groups is 1. The third kappa shape index (κ3) is 3.62. The molecule has 2 amide bonds. The topological polar surface area (TPSA) is 48.5 Å². The summed E-state index contributed by atoms with van der Waals surface area (Å²) in [5.74, 6) is 0.677. The molecule has 1 atom stereocenters. The van der Waals surface area contributed by atoms with E-state index in [9.17, 15) is 9.18 Å². The first-order valence-corrected chi connectivity index (χ1v) is 9.82. The molecule has 7 heteroatoms. The van der Waals surface area contributed by atoms with Gasteiger partial charge in [-0.15, -0.1) is 11.8 Å². The molecule has 2 aromatic rings. The predicted octanol–water partition coefficient (Wildman–Crippen LogP) is 3.29. The Balaban J connectivity index is 1.37. The second-order valence-corrected chi connectivity index (χ2v) is 7.64. The summed E-state index contributed by atoms with van der Waals surface area (Å²) in [6, 6.07) is 8.63. The van der Waals surface area contributed by atoms with Crippen molar-refractivity contribution in [3.63, 3.8) is 0 Å². The Morgan fingerprint density at radius 2 is 1.92 bits per heavy atom. The molecular weight excluding hydrogens is 351 g/mol. The Bertz CT molecular complexity index is 780. The molecule has 1 N–H and O–H groups in total. The summed E-state index contributed by atoms with van der Waals surface area (Å²) in [5.41, 5.74) is 2.03. The molecule has 1 aromatic heterocycles. The number of carbonyl (C=O) groups is 1. The highest BCUT2D eigenvalue weighted by atomic mass is 32.2. The third-order valence-electron chi connectivity index (χ3n) is 4.90. The lowest BCUT2D eigenvalue weighted by atomic mass is 10.0. The number of benzene rings is 1. The van der Waals surface area contributed by atoms with Crippen LogP contribution in [0, 0.1) is 5.82 Å². The Labute approximate surface area is 156 Å². The first-order chi connectivity index (χ1) is 12.7. The number of pyridine rings is 1. The summed E-state index contributed by atoms with van der Waals surface area (Å²) in [7, 11) is 0. The quantitative estimate of drug-likeness (QED) is 0.879. The molecular formula is C19H21FN4OS. The molecule has 26 heavy (non-hydrogen) atoms.